The summed E-state index contributed by atoms with van der Waals surface area (Å²) in [6.07, 6.45) is 6.24. The molecule has 0 radical (unpaired) electrons. The summed E-state index contributed by atoms with van der Waals surface area (Å²) < 4.78 is 17.4. The van der Waals surface area contributed by atoms with Crippen LogP contribution in [-0.4, -0.2) is 0 Å². The summed E-state index contributed by atoms with van der Waals surface area (Å²) in [4.78, 5) is 0. The van der Waals surface area contributed by atoms with Crippen molar-refractivity contribution in [3.05, 3.63) is 109 Å². The van der Waals surface area contributed by atoms with Crippen molar-refractivity contribution in [3.8, 4) is 22.8 Å². The van der Waals surface area contributed by atoms with Gasteiger partial charge >= 0.3 is 5.66 Å². The van der Waals surface area contributed by atoms with Gasteiger partial charge in [0.2, 0.25) is 11.2 Å². The SMILES string of the molecule is c1cc2c3c(c1)-c1cccc[n+]1C31c3c(ccc4c5cc6occc6cc5c5ccc[n+]1c5c34)O2. The molecule has 4 heteroatoms. The first-order valence-electron chi connectivity index (χ1n) is 11.9. The number of hydrogen-bond donors (Lipinski definition) is 0. The lowest BCUT2D eigenvalue weighted by atomic mass is 9.85. The topological polar surface area (TPSA) is 30.1 Å². The third-order valence-electron chi connectivity index (χ3n) is 8.35. The van der Waals surface area contributed by atoms with E-state index in [1.165, 1.54) is 54.8 Å². The molecular weight excluding hydrogens is 432 g/mol. The molecule has 0 saturated carbocycles. The van der Waals surface area contributed by atoms with Crippen LogP contribution in [0.3, 0.4) is 0 Å². The van der Waals surface area contributed by atoms with Crippen molar-refractivity contribution in [1.29, 1.82) is 0 Å². The van der Waals surface area contributed by atoms with Crippen molar-refractivity contribution in [2.45, 2.75) is 5.66 Å². The van der Waals surface area contributed by atoms with E-state index in [0.717, 1.165) is 22.5 Å². The predicted octanol–water partition coefficient (Wildman–Crippen LogP) is 6.16. The lowest BCUT2D eigenvalue weighted by Crippen LogP contribution is -2.71. The normalized spacial score (nSPS) is 18.1. The molecule has 10 rings (SSSR count). The molecule has 0 amide bonds. The standard InChI is InChI=1S/C31H16N2O2/c1-2-12-32-23(7-1)20-5-3-8-24-28(20)31(32)29-25(35-24)10-9-18-22-16-26-17(11-14-34-26)15-21(22)19-6-4-13-33(31)30(19)27(18)29/h1-16H/q+2. The molecule has 0 fully saturated rings. The molecule has 160 valence electrons. The largest absolute Gasteiger partial charge is 0.464 e. The summed E-state index contributed by atoms with van der Waals surface area (Å²) in [5.41, 5.74) is 6.53. The fraction of sp³-hybridized carbons (Fsp3) is 0.0323. The number of ether oxygens (including phenoxy) is 1. The van der Waals surface area contributed by atoms with Gasteiger partial charge in [-0.2, -0.15) is 0 Å². The Kier molecular flexibility index (Phi) is 2.49. The number of aromatic nitrogens is 2. The van der Waals surface area contributed by atoms with Gasteiger partial charge in [-0.1, -0.05) is 6.07 Å². The smallest absolute Gasteiger partial charge is 0.425 e. The molecule has 0 N–H and O–H groups in total. The van der Waals surface area contributed by atoms with Gasteiger partial charge in [0.15, 0.2) is 23.5 Å². The monoisotopic (exact) mass is 448 g/mol. The lowest BCUT2D eigenvalue weighted by molar-refractivity contribution is -0.950. The summed E-state index contributed by atoms with van der Waals surface area (Å²) in [5.74, 6) is 1.85. The summed E-state index contributed by atoms with van der Waals surface area (Å²) >= 11 is 0. The average molecular weight is 448 g/mol. The highest BCUT2D eigenvalue weighted by molar-refractivity contribution is 6.27. The maximum absolute atomic E-state index is 6.64. The number of hydrogen-bond acceptors (Lipinski definition) is 2. The van der Waals surface area contributed by atoms with Gasteiger partial charge in [0.25, 0.3) is 0 Å². The Morgan fingerprint density at radius 2 is 1.57 bits per heavy atom. The van der Waals surface area contributed by atoms with E-state index < -0.39 is 5.66 Å². The van der Waals surface area contributed by atoms with Gasteiger partial charge in [-0.3, -0.25) is 0 Å². The third-order valence-corrected chi connectivity index (χ3v) is 8.35. The van der Waals surface area contributed by atoms with E-state index >= 15 is 0 Å². The number of fused-ring (bicyclic) bond motifs is 6. The van der Waals surface area contributed by atoms with Crippen LogP contribution in [0.4, 0.5) is 0 Å². The molecule has 3 aliphatic rings. The Hall–Kier alpha value is -4.70. The average Bonchev–Trinajstić information content (AvgIpc) is 3.58. The predicted molar refractivity (Wildman–Crippen MR) is 133 cm³/mol. The van der Waals surface area contributed by atoms with Crippen LogP contribution >= 0.6 is 0 Å². The Bertz CT molecular complexity index is 2160. The molecule has 1 atom stereocenters. The van der Waals surface area contributed by atoms with Crippen LogP contribution in [0.15, 0.2) is 102 Å². The molecule has 0 bridgehead atoms. The van der Waals surface area contributed by atoms with Crippen LogP contribution < -0.4 is 13.9 Å². The van der Waals surface area contributed by atoms with Crippen molar-refractivity contribution in [3.63, 3.8) is 0 Å². The van der Waals surface area contributed by atoms with Crippen LogP contribution in [0.1, 0.15) is 11.1 Å². The zero-order valence-electron chi connectivity index (χ0n) is 18.4. The fourth-order valence-electron chi connectivity index (χ4n) is 7.17. The molecule has 1 unspecified atom stereocenters. The Balaban J connectivity index is 1.55. The minimum absolute atomic E-state index is 0.520. The highest BCUT2D eigenvalue weighted by Gasteiger charge is 2.70. The Morgan fingerprint density at radius 3 is 2.57 bits per heavy atom. The molecule has 1 spiro atoms. The zero-order valence-corrected chi connectivity index (χ0v) is 18.4. The lowest BCUT2D eigenvalue weighted by Gasteiger charge is -2.25. The van der Waals surface area contributed by atoms with Gasteiger partial charge in [-0.05, 0) is 70.8 Å². The first kappa shape index (κ1) is 16.8. The van der Waals surface area contributed by atoms with Crippen molar-refractivity contribution in [2.75, 3.05) is 0 Å². The minimum Gasteiger partial charge on any atom is -0.464 e. The molecular formula is C31H16N2O2+2. The van der Waals surface area contributed by atoms with Gasteiger partial charge in [-0.25, -0.2) is 0 Å². The van der Waals surface area contributed by atoms with Gasteiger partial charge in [0, 0.05) is 23.6 Å². The van der Waals surface area contributed by atoms with Crippen LogP contribution in [-0.2, 0) is 5.66 Å². The second-order valence-corrected chi connectivity index (χ2v) is 9.77. The number of furan rings is 1. The second-order valence-electron chi connectivity index (χ2n) is 9.77. The first-order chi connectivity index (χ1) is 17.4. The molecule has 0 saturated heterocycles. The van der Waals surface area contributed by atoms with E-state index in [0.29, 0.717) is 0 Å². The number of pyridine rings is 2. The molecule has 35 heavy (non-hydrogen) atoms. The quantitative estimate of drug-likeness (QED) is 0.205. The van der Waals surface area contributed by atoms with Crippen LogP contribution in [0.2, 0.25) is 0 Å². The Morgan fingerprint density at radius 1 is 0.657 bits per heavy atom. The van der Waals surface area contributed by atoms with E-state index in [9.17, 15) is 0 Å². The second kappa shape index (κ2) is 5.18. The van der Waals surface area contributed by atoms with Crippen LogP contribution in [0.25, 0.3) is 54.7 Å². The molecule has 6 heterocycles. The van der Waals surface area contributed by atoms with E-state index in [1.54, 1.807) is 6.26 Å². The summed E-state index contributed by atoms with van der Waals surface area (Å²) in [7, 11) is 0. The van der Waals surface area contributed by atoms with Gasteiger partial charge in [-0.15, -0.1) is 9.13 Å². The van der Waals surface area contributed by atoms with Gasteiger partial charge in [0.05, 0.1) is 22.6 Å². The summed E-state index contributed by atoms with van der Waals surface area (Å²) in [5, 5.41) is 7.33. The fourth-order valence-corrected chi connectivity index (χ4v) is 7.17. The maximum atomic E-state index is 6.64. The highest BCUT2D eigenvalue weighted by Crippen LogP contribution is 2.57. The van der Waals surface area contributed by atoms with Gasteiger partial charge in [0.1, 0.15) is 17.1 Å². The van der Waals surface area contributed by atoms with Crippen LogP contribution in [0.5, 0.6) is 11.5 Å². The van der Waals surface area contributed by atoms with E-state index in [4.69, 9.17) is 9.15 Å². The molecule has 4 nitrogen and oxygen atoms in total. The van der Waals surface area contributed by atoms with Crippen molar-refractivity contribution in [2.24, 2.45) is 0 Å². The number of nitrogens with zero attached hydrogens (tertiary/aromatic N) is 2. The van der Waals surface area contributed by atoms with Crippen molar-refractivity contribution < 1.29 is 18.3 Å². The van der Waals surface area contributed by atoms with Crippen molar-refractivity contribution in [1.82, 2.24) is 0 Å². The maximum Gasteiger partial charge on any atom is 0.425 e. The third kappa shape index (κ3) is 1.59. The molecule has 0 aliphatic carbocycles. The zero-order chi connectivity index (χ0) is 22.5. The minimum atomic E-state index is -0.520. The summed E-state index contributed by atoms with van der Waals surface area (Å²) in [6.45, 7) is 0. The number of rotatable bonds is 0. The van der Waals surface area contributed by atoms with Crippen LogP contribution in [0, 0.1) is 0 Å². The highest BCUT2D eigenvalue weighted by atomic mass is 16.5. The summed E-state index contributed by atoms with van der Waals surface area (Å²) in [6, 6.07) is 28.3. The van der Waals surface area contributed by atoms with E-state index in [-0.39, 0.29) is 0 Å². The first-order valence-corrected chi connectivity index (χ1v) is 11.9. The Labute approximate surface area is 198 Å². The van der Waals surface area contributed by atoms with Crippen molar-refractivity contribution >= 4 is 43.4 Å². The van der Waals surface area contributed by atoms with Gasteiger partial charge < -0.3 is 9.15 Å². The molecule has 3 aromatic heterocycles. The van der Waals surface area contributed by atoms with E-state index in [2.05, 4.69) is 94.3 Å². The molecule has 4 aromatic carbocycles. The number of benzene rings is 4. The van der Waals surface area contributed by atoms with E-state index in [1.807, 2.05) is 6.07 Å². The molecule has 3 aliphatic heterocycles. The molecule has 7 aromatic rings.